The van der Waals surface area contributed by atoms with E-state index >= 15 is 0 Å². The maximum Gasteiger partial charge on any atom is 0.0223 e. The number of nitrogens with zero attached hydrogens (tertiary/aromatic N) is 1. The average Bonchev–Trinajstić information content (AvgIpc) is 3.06. The van der Waals surface area contributed by atoms with Crippen molar-refractivity contribution < 1.29 is 0 Å². The van der Waals surface area contributed by atoms with Gasteiger partial charge in [-0.1, -0.05) is 13.3 Å². The molecule has 2 nitrogen and oxygen atoms in total. The molecule has 3 rings (SSSR count). The molecule has 0 aromatic carbocycles. The summed E-state index contributed by atoms with van der Waals surface area (Å²) < 4.78 is 0. The van der Waals surface area contributed by atoms with Crippen LogP contribution in [-0.2, 0) is 0 Å². The van der Waals surface area contributed by atoms with Crippen LogP contribution in [0.1, 0.15) is 45.4 Å². The fourth-order valence-corrected chi connectivity index (χ4v) is 3.76. The summed E-state index contributed by atoms with van der Waals surface area (Å²) in [6.45, 7) is 6.38. The molecule has 3 fully saturated rings. The Balaban J connectivity index is 1.63. The monoisotopic (exact) mass is 222 g/mol. The van der Waals surface area contributed by atoms with E-state index in [-0.39, 0.29) is 0 Å². The van der Waals surface area contributed by atoms with E-state index in [1.807, 2.05) is 0 Å². The van der Waals surface area contributed by atoms with Crippen molar-refractivity contribution in [2.75, 3.05) is 19.6 Å². The van der Waals surface area contributed by atoms with Gasteiger partial charge in [0.1, 0.15) is 0 Å². The zero-order valence-electron chi connectivity index (χ0n) is 10.6. The molecule has 0 aromatic heterocycles. The lowest BCUT2D eigenvalue weighted by molar-refractivity contribution is 0.159. The van der Waals surface area contributed by atoms with Crippen molar-refractivity contribution in [3.05, 3.63) is 0 Å². The molecule has 3 aliphatic rings. The molecular weight excluding hydrogens is 196 g/mol. The number of hydrogen-bond donors (Lipinski definition) is 1. The Kier molecular flexibility index (Phi) is 3.21. The highest BCUT2D eigenvalue weighted by Crippen LogP contribution is 2.36. The molecule has 0 radical (unpaired) electrons. The van der Waals surface area contributed by atoms with Gasteiger partial charge in [0.2, 0.25) is 0 Å². The highest BCUT2D eigenvalue weighted by Gasteiger charge is 2.36. The van der Waals surface area contributed by atoms with Crippen molar-refractivity contribution >= 4 is 0 Å². The van der Waals surface area contributed by atoms with Crippen LogP contribution in [0, 0.1) is 11.8 Å². The van der Waals surface area contributed by atoms with Gasteiger partial charge < -0.3 is 5.32 Å². The molecule has 1 saturated heterocycles. The normalized spacial score (nSPS) is 42.2. The molecule has 0 spiro atoms. The van der Waals surface area contributed by atoms with Crippen LogP contribution in [0.25, 0.3) is 0 Å². The Hall–Kier alpha value is -0.0800. The lowest BCUT2D eigenvalue weighted by Crippen LogP contribution is -2.44. The maximum absolute atomic E-state index is 3.77. The molecule has 2 aliphatic carbocycles. The molecule has 1 N–H and O–H groups in total. The summed E-state index contributed by atoms with van der Waals surface area (Å²) in [7, 11) is 0. The van der Waals surface area contributed by atoms with Crippen LogP contribution in [-0.4, -0.2) is 36.6 Å². The Morgan fingerprint density at radius 2 is 1.94 bits per heavy atom. The first-order valence-corrected chi connectivity index (χ1v) is 7.32. The van der Waals surface area contributed by atoms with E-state index < -0.39 is 0 Å². The topological polar surface area (TPSA) is 15.3 Å². The summed E-state index contributed by atoms with van der Waals surface area (Å²) in [5.74, 6) is 1.95. The number of nitrogens with one attached hydrogen (secondary N) is 1. The third kappa shape index (κ3) is 2.28. The van der Waals surface area contributed by atoms with Gasteiger partial charge in [-0.05, 0) is 57.0 Å². The number of rotatable bonds is 2. The minimum absolute atomic E-state index is 0.815. The first-order chi connectivity index (χ1) is 7.84. The van der Waals surface area contributed by atoms with Crippen LogP contribution in [0.4, 0.5) is 0 Å². The van der Waals surface area contributed by atoms with Crippen molar-refractivity contribution in [2.24, 2.45) is 11.8 Å². The van der Waals surface area contributed by atoms with E-state index in [9.17, 15) is 0 Å². The summed E-state index contributed by atoms with van der Waals surface area (Å²) in [6, 6.07) is 1.72. The molecular formula is C14H26N2. The lowest BCUT2D eigenvalue weighted by atomic mass is 10.0. The summed E-state index contributed by atoms with van der Waals surface area (Å²) in [4.78, 5) is 2.82. The predicted molar refractivity (Wildman–Crippen MR) is 67.5 cm³/mol. The quantitative estimate of drug-likeness (QED) is 0.771. The van der Waals surface area contributed by atoms with E-state index in [1.165, 1.54) is 58.2 Å². The van der Waals surface area contributed by atoms with Crippen molar-refractivity contribution in [2.45, 2.75) is 57.5 Å². The second-order valence-corrected chi connectivity index (χ2v) is 6.22. The molecule has 1 aliphatic heterocycles. The molecule has 2 saturated carbocycles. The van der Waals surface area contributed by atoms with Crippen LogP contribution in [0.5, 0.6) is 0 Å². The van der Waals surface area contributed by atoms with Gasteiger partial charge in [-0.3, -0.25) is 4.90 Å². The van der Waals surface area contributed by atoms with Gasteiger partial charge in [0.25, 0.3) is 0 Å². The van der Waals surface area contributed by atoms with E-state index in [0.29, 0.717) is 0 Å². The third-order valence-electron chi connectivity index (χ3n) is 4.94. The second-order valence-electron chi connectivity index (χ2n) is 6.22. The van der Waals surface area contributed by atoms with Crippen molar-refractivity contribution in [1.82, 2.24) is 10.2 Å². The summed E-state index contributed by atoms with van der Waals surface area (Å²) in [5.41, 5.74) is 0. The van der Waals surface area contributed by atoms with Crippen LogP contribution in [0.2, 0.25) is 0 Å². The Labute approximate surface area is 99.8 Å². The van der Waals surface area contributed by atoms with Gasteiger partial charge >= 0.3 is 0 Å². The molecule has 0 amide bonds. The highest BCUT2D eigenvalue weighted by atomic mass is 15.2. The van der Waals surface area contributed by atoms with Gasteiger partial charge in [0.05, 0.1) is 0 Å². The Bertz CT molecular complexity index is 237. The summed E-state index contributed by atoms with van der Waals surface area (Å²) in [6.07, 6.45) is 8.69. The molecule has 0 bridgehead atoms. The molecule has 0 aromatic rings. The van der Waals surface area contributed by atoms with E-state index in [1.54, 1.807) is 0 Å². The van der Waals surface area contributed by atoms with Gasteiger partial charge in [0.15, 0.2) is 0 Å². The second kappa shape index (κ2) is 4.66. The summed E-state index contributed by atoms with van der Waals surface area (Å²) >= 11 is 0. The zero-order valence-corrected chi connectivity index (χ0v) is 10.6. The predicted octanol–water partition coefficient (Wildman–Crippen LogP) is 2.25. The first-order valence-electron chi connectivity index (χ1n) is 7.32. The van der Waals surface area contributed by atoms with E-state index in [0.717, 1.165) is 23.9 Å². The van der Waals surface area contributed by atoms with E-state index in [2.05, 4.69) is 17.1 Å². The van der Waals surface area contributed by atoms with Crippen LogP contribution in [0.15, 0.2) is 0 Å². The van der Waals surface area contributed by atoms with Crippen molar-refractivity contribution in [3.63, 3.8) is 0 Å². The Morgan fingerprint density at radius 3 is 2.62 bits per heavy atom. The molecule has 92 valence electrons. The summed E-state index contributed by atoms with van der Waals surface area (Å²) in [5, 5.41) is 3.77. The minimum atomic E-state index is 0.815. The largest absolute Gasteiger partial charge is 0.312 e. The molecule has 3 unspecified atom stereocenters. The van der Waals surface area contributed by atoms with Crippen LogP contribution < -0.4 is 5.32 Å². The molecule has 16 heavy (non-hydrogen) atoms. The average molecular weight is 222 g/mol. The van der Waals surface area contributed by atoms with Crippen LogP contribution in [0.3, 0.4) is 0 Å². The maximum atomic E-state index is 3.77. The molecule has 3 atom stereocenters. The van der Waals surface area contributed by atoms with Gasteiger partial charge in [-0.25, -0.2) is 0 Å². The highest BCUT2D eigenvalue weighted by molar-refractivity contribution is 4.93. The van der Waals surface area contributed by atoms with Gasteiger partial charge in [0, 0.05) is 18.6 Å². The smallest absolute Gasteiger partial charge is 0.0223 e. The molecule has 2 heteroatoms. The fourth-order valence-electron chi connectivity index (χ4n) is 3.76. The van der Waals surface area contributed by atoms with Crippen molar-refractivity contribution in [1.29, 1.82) is 0 Å². The van der Waals surface area contributed by atoms with Gasteiger partial charge in [-0.15, -0.1) is 0 Å². The molecule has 1 heterocycles. The number of hydrogen-bond acceptors (Lipinski definition) is 2. The lowest BCUT2D eigenvalue weighted by Gasteiger charge is -2.32. The van der Waals surface area contributed by atoms with Gasteiger partial charge in [-0.2, -0.15) is 0 Å². The van der Waals surface area contributed by atoms with E-state index in [4.69, 9.17) is 0 Å². The van der Waals surface area contributed by atoms with Crippen LogP contribution >= 0.6 is 0 Å². The third-order valence-corrected chi connectivity index (χ3v) is 4.94. The van der Waals surface area contributed by atoms with Crippen molar-refractivity contribution in [3.8, 4) is 0 Å². The zero-order chi connectivity index (χ0) is 11.0. The standard InChI is InChI=1S/C14H26N2/c1-11-4-2-5-14(11)16-9-3-8-15-13(10-16)12-6-7-12/h11-15H,2-10H2,1H3. The first kappa shape index (κ1) is 11.0. The fraction of sp³-hybridized carbons (Fsp3) is 1.00. The SMILES string of the molecule is CC1CCCC1N1CCCNC(C2CC2)C1. The minimum Gasteiger partial charge on any atom is -0.312 e. The Morgan fingerprint density at radius 1 is 1.06 bits per heavy atom.